The number of fused-ring (bicyclic) bond motifs is 2. The molecule has 4 aromatic rings. The minimum atomic E-state index is 0.204. The predicted molar refractivity (Wildman–Crippen MR) is 113 cm³/mol. The van der Waals surface area contributed by atoms with E-state index in [2.05, 4.69) is 79.3 Å². The quantitative estimate of drug-likeness (QED) is 0.504. The largest absolute Gasteiger partial charge is 0.376 e. The van der Waals surface area contributed by atoms with Gasteiger partial charge in [-0.3, -0.25) is 15.2 Å². The van der Waals surface area contributed by atoms with E-state index in [4.69, 9.17) is 0 Å². The van der Waals surface area contributed by atoms with Crippen LogP contribution in [0.5, 0.6) is 0 Å². The van der Waals surface area contributed by atoms with Gasteiger partial charge in [0, 0.05) is 29.3 Å². The molecule has 4 heterocycles. The molecule has 3 aromatic heterocycles. The van der Waals surface area contributed by atoms with Crippen LogP contribution in [-0.2, 0) is 0 Å². The van der Waals surface area contributed by atoms with Crippen molar-refractivity contribution in [1.29, 1.82) is 0 Å². The summed E-state index contributed by atoms with van der Waals surface area (Å²) in [5.41, 5.74) is 7.40. The Balaban J connectivity index is 1.42. The molecule has 0 amide bonds. The predicted octanol–water partition coefficient (Wildman–Crippen LogP) is 3.93. The van der Waals surface area contributed by atoms with Crippen molar-refractivity contribution in [3.8, 4) is 11.1 Å². The number of pyridine rings is 1. The average molecular weight is 378 g/mol. The molecule has 0 saturated carbocycles. The number of aromatic amines is 2. The number of aromatic nitrogens is 5. The zero-order valence-electron chi connectivity index (χ0n) is 15.5. The molecule has 6 heteroatoms. The lowest BCUT2D eigenvalue weighted by atomic mass is 9.87. The summed E-state index contributed by atoms with van der Waals surface area (Å²) in [6.45, 7) is 0. The molecule has 1 aliphatic heterocycles. The van der Waals surface area contributed by atoms with Crippen molar-refractivity contribution in [3.05, 3.63) is 90.7 Å². The maximum atomic E-state index is 4.62. The highest BCUT2D eigenvalue weighted by molar-refractivity contribution is 5.94. The van der Waals surface area contributed by atoms with Crippen LogP contribution in [0.4, 0.5) is 0 Å². The Kier molecular flexibility index (Phi) is 3.49. The van der Waals surface area contributed by atoms with Crippen LogP contribution in [0.25, 0.3) is 33.3 Å². The zero-order chi connectivity index (χ0) is 19.2. The number of allylic oxidation sites excluding steroid dienone is 2. The van der Waals surface area contributed by atoms with Gasteiger partial charge in [0.2, 0.25) is 0 Å². The summed E-state index contributed by atoms with van der Waals surface area (Å²) in [4.78, 5) is 4.55. The monoisotopic (exact) mass is 378 g/mol. The van der Waals surface area contributed by atoms with E-state index in [9.17, 15) is 0 Å². The molecule has 1 aromatic carbocycles. The second-order valence-corrected chi connectivity index (χ2v) is 7.32. The van der Waals surface area contributed by atoms with Crippen LogP contribution in [0.1, 0.15) is 11.4 Å². The molecule has 0 saturated heterocycles. The number of benzene rings is 1. The Bertz CT molecular complexity index is 1280. The number of hydrogen-bond donors (Lipinski definition) is 3. The zero-order valence-corrected chi connectivity index (χ0v) is 15.5. The summed E-state index contributed by atoms with van der Waals surface area (Å²) in [5.74, 6) is 0.230. The second-order valence-electron chi connectivity index (χ2n) is 7.32. The van der Waals surface area contributed by atoms with Gasteiger partial charge in [-0.15, -0.1) is 0 Å². The van der Waals surface area contributed by atoms with Crippen molar-refractivity contribution >= 4 is 22.2 Å². The van der Waals surface area contributed by atoms with Crippen LogP contribution in [0.3, 0.4) is 0 Å². The molecule has 140 valence electrons. The summed E-state index contributed by atoms with van der Waals surface area (Å²) in [6, 6.07) is 12.6. The summed E-state index contributed by atoms with van der Waals surface area (Å²) in [6.07, 6.45) is 14.3. The molecule has 6 rings (SSSR count). The Hall–Kier alpha value is -3.93. The van der Waals surface area contributed by atoms with Crippen molar-refractivity contribution in [2.75, 3.05) is 0 Å². The summed E-state index contributed by atoms with van der Waals surface area (Å²) in [5, 5.41) is 19.5. The van der Waals surface area contributed by atoms with Gasteiger partial charge < -0.3 is 5.32 Å². The van der Waals surface area contributed by atoms with Crippen LogP contribution >= 0.6 is 0 Å². The lowest BCUT2D eigenvalue weighted by Crippen LogP contribution is -2.28. The van der Waals surface area contributed by atoms with E-state index in [1.165, 1.54) is 5.57 Å². The Morgan fingerprint density at radius 2 is 2.03 bits per heavy atom. The molecule has 0 radical (unpaired) electrons. The highest BCUT2D eigenvalue weighted by Crippen LogP contribution is 2.38. The lowest BCUT2D eigenvalue weighted by Gasteiger charge is -2.22. The van der Waals surface area contributed by atoms with Crippen LogP contribution in [0, 0.1) is 5.92 Å². The highest BCUT2D eigenvalue weighted by Gasteiger charge is 2.32. The molecule has 29 heavy (non-hydrogen) atoms. The average Bonchev–Trinajstić information content (AvgIpc) is 3.52. The maximum Gasteiger partial charge on any atom is 0.115 e. The smallest absolute Gasteiger partial charge is 0.115 e. The first kappa shape index (κ1) is 16.1. The fraction of sp³-hybridized carbons (Fsp3) is 0.0870. The van der Waals surface area contributed by atoms with E-state index in [-0.39, 0.29) is 12.0 Å². The van der Waals surface area contributed by atoms with Crippen LogP contribution in [0.15, 0.2) is 79.3 Å². The van der Waals surface area contributed by atoms with Crippen molar-refractivity contribution in [1.82, 2.24) is 30.7 Å². The summed E-state index contributed by atoms with van der Waals surface area (Å²) in [7, 11) is 0. The Morgan fingerprint density at radius 3 is 2.90 bits per heavy atom. The molecule has 0 fully saturated rings. The minimum absolute atomic E-state index is 0.204. The fourth-order valence-electron chi connectivity index (χ4n) is 4.19. The Labute approximate surface area is 167 Å². The fourth-order valence-corrected chi connectivity index (χ4v) is 4.19. The first-order valence-corrected chi connectivity index (χ1v) is 9.62. The van der Waals surface area contributed by atoms with Gasteiger partial charge in [-0.2, -0.15) is 10.2 Å². The van der Waals surface area contributed by atoms with E-state index in [1.807, 2.05) is 30.7 Å². The normalized spacial score (nSPS) is 20.3. The van der Waals surface area contributed by atoms with E-state index in [0.717, 1.165) is 39.1 Å². The van der Waals surface area contributed by atoms with Gasteiger partial charge in [0.05, 0.1) is 29.1 Å². The van der Waals surface area contributed by atoms with Gasteiger partial charge >= 0.3 is 0 Å². The van der Waals surface area contributed by atoms with E-state index < -0.39 is 0 Å². The third-order valence-corrected chi connectivity index (χ3v) is 5.62. The number of H-pyrrole nitrogens is 2. The van der Waals surface area contributed by atoms with Crippen LogP contribution in [0.2, 0.25) is 0 Å². The number of hydrogen-bond acceptors (Lipinski definition) is 4. The number of nitrogens with one attached hydrogen (secondary N) is 3. The van der Waals surface area contributed by atoms with Crippen molar-refractivity contribution in [2.24, 2.45) is 5.92 Å². The molecule has 2 aliphatic rings. The second kappa shape index (κ2) is 6.31. The lowest BCUT2D eigenvalue weighted by molar-refractivity contribution is 0.665. The third kappa shape index (κ3) is 2.61. The first-order valence-electron chi connectivity index (χ1n) is 9.62. The van der Waals surface area contributed by atoms with E-state index in [1.54, 1.807) is 0 Å². The molecule has 0 bridgehead atoms. The van der Waals surface area contributed by atoms with Gasteiger partial charge in [-0.05, 0) is 41.5 Å². The van der Waals surface area contributed by atoms with Gasteiger partial charge in [-0.25, -0.2) is 0 Å². The van der Waals surface area contributed by atoms with E-state index in [0.29, 0.717) is 0 Å². The van der Waals surface area contributed by atoms with Crippen LogP contribution < -0.4 is 5.32 Å². The molecule has 2 unspecified atom stereocenters. The molecule has 3 N–H and O–H groups in total. The third-order valence-electron chi connectivity index (χ3n) is 5.62. The molecule has 1 aliphatic carbocycles. The van der Waals surface area contributed by atoms with Gasteiger partial charge in [0.1, 0.15) is 5.69 Å². The van der Waals surface area contributed by atoms with Gasteiger partial charge in [-0.1, -0.05) is 30.4 Å². The Morgan fingerprint density at radius 1 is 1.03 bits per heavy atom. The van der Waals surface area contributed by atoms with Crippen molar-refractivity contribution in [2.45, 2.75) is 6.04 Å². The molecular weight excluding hydrogens is 360 g/mol. The molecule has 6 nitrogen and oxygen atoms in total. The number of rotatable bonds is 3. The van der Waals surface area contributed by atoms with Crippen molar-refractivity contribution < 1.29 is 0 Å². The first-order chi connectivity index (χ1) is 14.4. The summed E-state index contributed by atoms with van der Waals surface area (Å²) >= 11 is 0. The maximum absolute atomic E-state index is 4.62. The van der Waals surface area contributed by atoms with E-state index >= 15 is 0 Å². The van der Waals surface area contributed by atoms with Crippen molar-refractivity contribution in [3.63, 3.8) is 0 Å². The standard InChI is InChI=1S/C23H18N6/c1-2-9-24-19(5-1)16-4-3-6-20-17(16)11-22(27-20)23-18-10-14(15-12-25-26-13-15)7-8-21(18)28-29-23/h1-13,17,20,27H,(H,25,26)(H,28,29). The minimum Gasteiger partial charge on any atom is -0.376 e. The van der Waals surface area contributed by atoms with Gasteiger partial charge in [0.15, 0.2) is 0 Å². The SMILES string of the molecule is C1=CC2NC(c3n[nH]c4ccc(-c5cn[nH]c5)cc34)=CC2C(c2ccccn2)=C1. The number of nitrogens with zero attached hydrogens (tertiary/aromatic N) is 3. The molecule has 0 spiro atoms. The topological polar surface area (TPSA) is 82.3 Å². The molecular formula is C23H18N6. The highest BCUT2D eigenvalue weighted by atomic mass is 15.1. The van der Waals surface area contributed by atoms with Crippen LogP contribution in [-0.4, -0.2) is 31.4 Å². The van der Waals surface area contributed by atoms with Gasteiger partial charge in [0.25, 0.3) is 0 Å². The molecule has 2 atom stereocenters. The summed E-state index contributed by atoms with van der Waals surface area (Å²) < 4.78 is 0.